The Bertz CT molecular complexity index is 629. The van der Waals surface area contributed by atoms with Gasteiger partial charge in [-0.25, -0.2) is 8.78 Å². The zero-order valence-corrected chi connectivity index (χ0v) is 10.9. The molecule has 1 atom stereocenters. The first-order chi connectivity index (χ1) is 9.49. The summed E-state index contributed by atoms with van der Waals surface area (Å²) in [7, 11) is 0. The van der Waals surface area contributed by atoms with Crippen molar-refractivity contribution in [1.82, 2.24) is 5.32 Å². The number of rotatable bonds is 3. The minimum absolute atomic E-state index is 0.260. The fourth-order valence-electron chi connectivity index (χ4n) is 1.84. The van der Waals surface area contributed by atoms with Crippen LogP contribution in [0.4, 0.5) is 14.5 Å². The third-order valence-electron chi connectivity index (χ3n) is 2.98. The quantitative estimate of drug-likeness (QED) is 0.847. The molecule has 3 nitrogen and oxygen atoms in total. The zero-order valence-electron chi connectivity index (χ0n) is 10.9. The number of nitrogens with two attached hydrogens (primary N) is 1. The maximum absolute atomic E-state index is 13.6. The number of nitrogen functional groups attached to an aromatic ring is 1. The molecule has 0 aliphatic rings. The van der Waals surface area contributed by atoms with E-state index in [2.05, 4.69) is 5.32 Å². The summed E-state index contributed by atoms with van der Waals surface area (Å²) in [4.78, 5) is 12.0. The second-order valence-electron chi connectivity index (χ2n) is 4.46. The third-order valence-corrected chi connectivity index (χ3v) is 2.98. The molecule has 0 saturated carbocycles. The molecule has 0 aliphatic heterocycles. The lowest BCUT2D eigenvalue weighted by atomic mass is 10.1. The Morgan fingerprint density at radius 1 is 1.15 bits per heavy atom. The van der Waals surface area contributed by atoms with Crippen molar-refractivity contribution in [3.63, 3.8) is 0 Å². The van der Waals surface area contributed by atoms with Crippen molar-refractivity contribution in [2.75, 3.05) is 5.73 Å². The average molecular weight is 276 g/mol. The minimum Gasteiger partial charge on any atom is -0.396 e. The molecule has 2 aromatic rings. The molecule has 0 aliphatic carbocycles. The van der Waals surface area contributed by atoms with Gasteiger partial charge in [-0.15, -0.1) is 0 Å². The van der Waals surface area contributed by atoms with E-state index in [9.17, 15) is 13.6 Å². The highest BCUT2D eigenvalue weighted by atomic mass is 19.1. The molecular weight excluding hydrogens is 262 g/mol. The second-order valence-corrected chi connectivity index (χ2v) is 4.46. The molecule has 104 valence electrons. The molecule has 0 saturated heterocycles. The zero-order chi connectivity index (χ0) is 14.7. The Labute approximate surface area is 115 Å². The second kappa shape index (κ2) is 5.69. The van der Waals surface area contributed by atoms with E-state index in [1.165, 1.54) is 0 Å². The van der Waals surface area contributed by atoms with E-state index >= 15 is 0 Å². The summed E-state index contributed by atoms with van der Waals surface area (Å²) in [5.74, 6) is -2.45. The predicted octanol–water partition coefficient (Wildman–Crippen LogP) is 3.04. The number of benzene rings is 2. The first kappa shape index (κ1) is 14.0. The van der Waals surface area contributed by atoms with E-state index in [0.717, 1.165) is 11.6 Å². The van der Waals surface area contributed by atoms with Gasteiger partial charge >= 0.3 is 0 Å². The highest BCUT2D eigenvalue weighted by Crippen LogP contribution is 2.18. The van der Waals surface area contributed by atoms with Gasteiger partial charge in [-0.05, 0) is 18.6 Å². The summed E-state index contributed by atoms with van der Waals surface area (Å²) in [6, 6.07) is 10.5. The number of carbonyl (C=O) groups excluding carboxylic acids is 1. The van der Waals surface area contributed by atoms with Gasteiger partial charge in [0.15, 0.2) is 0 Å². The monoisotopic (exact) mass is 276 g/mol. The molecular formula is C15H14F2N2O. The lowest BCUT2D eigenvalue weighted by Gasteiger charge is -2.15. The molecule has 0 spiro atoms. The minimum atomic E-state index is -0.936. The van der Waals surface area contributed by atoms with Crippen molar-refractivity contribution in [3.8, 4) is 0 Å². The van der Waals surface area contributed by atoms with Gasteiger partial charge < -0.3 is 11.1 Å². The van der Waals surface area contributed by atoms with Crippen LogP contribution in [0.5, 0.6) is 0 Å². The number of halogens is 2. The summed E-state index contributed by atoms with van der Waals surface area (Å²) < 4.78 is 26.6. The maximum Gasteiger partial charge on any atom is 0.254 e. The molecule has 1 amide bonds. The SMILES string of the molecule is C[C@H](NC(=O)c1cc(N)c(F)cc1F)c1ccccc1. The van der Waals surface area contributed by atoms with Gasteiger partial charge in [0.05, 0.1) is 17.3 Å². The first-order valence-corrected chi connectivity index (χ1v) is 6.09. The van der Waals surface area contributed by atoms with Crippen LogP contribution in [-0.2, 0) is 0 Å². The van der Waals surface area contributed by atoms with Crippen LogP contribution in [0, 0.1) is 11.6 Å². The van der Waals surface area contributed by atoms with E-state index < -0.39 is 17.5 Å². The van der Waals surface area contributed by atoms with Crippen LogP contribution in [0.2, 0.25) is 0 Å². The van der Waals surface area contributed by atoms with E-state index in [-0.39, 0.29) is 17.3 Å². The average Bonchev–Trinajstić information content (AvgIpc) is 2.43. The van der Waals surface area contributed by atoms with E-state index in [4.69, 9.17) is 5.73 Å². The summed E-state index contributed by atoms with van der Waals surface area (Å²) in [5.41, 5.74) is 5.70. The van der Waals surface area contributed by atoms with Gasteiger partial charge in [0, 0.05) is 6.07 Å². The van der Waals surface area contributed by atoms with E-state index in [0.29, 0.717) is 6.07 Å². The Morgan fingerprint density at radius 3 is 2.45 bits per heavy atom. The van der Waals surface area contributed by atoms with Crippen LogP contribution in [-0.4, -0.2) is 5.91 Å². The van der Waals surface area contributed by atoms with Crippen LogP contribution in [0.25, 0.3) is 0 Å². The third kappa shape index (κ3) is 2.93. The van der Waals surface area contributed by atoms with Gasteiger partial charge in [0.1, 0.15) is 11.6 Å². The summed E-state index contributed by atoms with van der Waals surface area (Å²) in [5, 5.41) is 2.64. The molecule has 20 heavy (non-hydrogen) atoms. The number of amides is 1. The highest BCUT2D eigenvalue weighted by Gasteiger charge is 2.17. The van der Waals surface area contributed by atoms with Crippen LogP contribution < -0.4 is 11.1 Å². The molecule has 0 aromatic heterocycles. The summed E-state index contributed by atoms with van der Waals surface area (Å²) in [6.45, 7) is 1.78. The summed E-state index contributed by atoms with van der Waals surface area (Å²) in [6.07, 6.45) is 0. The number of carbonyl (C=O) groups is 1. The lowest BCUT2D eigenvalue weighted by molar-refractivity contribution is 0.0936. The van der Waals surface area contributed by atoms with Crippen molar-refractivity contribution in [2.45, 2.75) is 13.0 Å². The number of anilines is 1. The largest absolute Gasteiger partial charge is 0.396 e. The van der Waals surface area contributed by atoms with Gasteiger partial charge in [0.25, 0.3) is 5.91 Å². The van der Waals surface area contributed by atoms with Gasteiger partial charge in [-0.1, -0.05) is 30.3 Å². The molecule has 2 rings (SSSR count). The van der Waals surface area contributed by atoms with Crippen molar-refractivity contribution in [3.05, 3.63) is 65.2 Å². The topological polar surface area (TPSA) is 55.1 Å². The van der Waals surface area contributed by atoms with E-state index in [1.807, 2.05) is 30.3 Å². The smallest absolute Gasteiger partial charge is 0.254 e. The Balaban J connectivity index is 2.19. The van der Waals surface area contributed by atoms with Crippen molar-refractivity contribution in [2.24, 2.45) is 0 Å². The number of hydrogen-bond acceptors (Lipinski definition) is 2. The predicted molar refractivity (Wildman–Crippen MR) is 73.1 cm³/mol. The lowest BCUT2D eigenvalue weighted by Crippen LogP contribution is -2.27. The molecule has 2 aromatic carbocycles. The molecule has 0 heterocycles. The molecule has 0 unspecified atom stereocenters. The van der Waals surface area contributed by atoms with Gasteiger partial charge in [-0.3, -0.25) is 4.79 Å². The Kier molecular flexibility index (Phi) is 3.98. The molecule has 0 fully saturated rings. The van der Waals surface area contributed by atoms with E-state index in [1.54, 1.807) is 6.92 Å². The maximum atomic E-state index is 13.6. The van der Waals surface area contributed by atoms with Crippen molar-refractivity contribution in [1.29, 1.82) is 0 Å². The fraction of sp³-hybridized carbons (Fsp3) is 0.133. The highest BCUT2D eigenvalue weighted by molar-refractivity contribution is 5.95. The van der Waals surface area contributed by atoms with Crippen LogP contribution in [0.3, 0.4) is 0 Å². The number of nitrogens with one attached hydrogen (secondary N) is 1. The van der Waals surface area contributed by atoms with Gasteiger partial charge in [0.2, 0.25) is 0 Å². The van der Waals surface area contributed by atoms with Crippen molar-refractivity contribution >= 4 is 11.6 Å². The van der Waals surface area contributed by atoms with Crippen LogP contribution in [0.15, 0.2) is 42.5 Å². The van der Waals surface area contributed by atoms with Crippen LogP contribution >= 0.6 is 0 Å². The summed E-state index contributed by atoms with van der Waals surface area (Å²) >= 11 is 0. The molecule has 5 heteroatoms. The standard InChI is InChI=1S/C15H14F2N2O/c1-9(10-5-3-2-4-6-10)19-15(20)11-7-14(18)13(17)8-12(11)16/h2-9H,18H2,1H3,(H,19,20)/t9-/m0/s1. The van der Waals surface area contributed by atoms with Crippen LogP contribution in [0.1, 0.15) is 28.9 Å². The van der Waals surface area contributed by atoms with Crippen molar-refractivity contribution < 1.29 is 13.6 Å². The first-order valence-electron chi connectivity index (χ1n) is 6.09. The molecule has 0 radical (unpaired) electrons. The van der Waals surface area contributed by atoms with Gasteiger partial charge in [-0.2, -0.15) is 0 Å². The Morgan fingerprint density at radius 2 is 1.80 bits per heavy atom. The number of hydrogen-bond donors (Lipinski definition) is 2. The molecule has 3 N–H and O–H groups in total. The molecule has 0 bridgehead atoms. The normalized spacial score (nSPS) is 11.9. The Hall–Kier alpha value is -2.43. The fourth-order valence-corrected chi connectivity index (χ4v) is 1.84.